The van der Waals surface area contributed by atoms with E-state index in [1.54, 1.807) is 24.3 Å². The van der Waals surface area contributed by atoms with E-state index >= 15 is 0 Å². The van der Waals surface area contributed by atoms with Gasteiger partial charge in [0.15, 0.2) is 11.5 Å². The number of Topliss-reactive ketones (excluding diaryl/α,β-unsaturated/α-hetero) is 1. The Labute approximate surface area is 186 Å². The molecule has 1 aliphatic heterocycles. The highest BCUT2D eigenvalue weighted by Gasteiger charge is 2.45. The fourth-order valence-electron chi connectivity index (χ4n) is 4.12. The summed E-state index contributed by atoms with van der Waals surface area (Å²) in [6.45, 7) is 1.14. The molecule has 2 heterocycles. The molecule has 7 nitrogen and oxygen atoms in total. The van der Waals surface area contributed by atoms with Crippen LogP contribution in [-0.2, 0) is 4.79 Å². The molecule has 2 aromatic carbocycles. The molecule has 0 radical (unpaired) electrons. The summed E-state index contributed by atoms with van der Waals surface area (Å²) in [6, 6.07) is 15.4. The summed E-state index contributed by atoms with van der Waals surface area (Å²) in [5.41, 5.74) is 1.21. The van der Waals surface area contributed by atoms with Gasteiger partial charge < -0.3 is 24.1 Å². The van der Waals surface area contributed by atoms with Gasteiger partial charge in [-0.3, -0.25) is 9.59 Å². The van der Waals surface area contributed by atoms with E-state index in [9.17, 15) is 14.7 Å². The summed E-state index contributed by atoms with van der Waals surface area (Å²) in [5, 5.41) is 11.6. The first-order valence-corrected chi connectivity index (χ1v) is 10.5. The number of fused-ring (bicyclic) bond motifs is 1. The van der Waals surface area contributed by atoms with Gasteiger partial charge in [-0.25, -0.2) is 0 Å². The fraction of sp³-hybridized carbons (Fsp3) is 0.280. The van der Waals surface area contributed by atoms with Crippen LogP contribution in [0.25, 0.3) is 11.0 Å². The van der Waals surface area contributed by atoms with E-state index in [2.05, 4.69) is 0 Å². The Morgan fingerprint density at radius 2 is 1.88 bits per heavy atom. The molecule has 1 atom stereocenters. The Hall–Kier alpha value is -3.58. The minimum Gasteiger partial charge on any atom is -0.503 e. The van der Waals surface area contributed by atoms with Crippen LogP contribution in [0.5, 0.6) is 5.75 Å². The van der Waals surface area contributed by atoms with Crippen LogP contribution in [0.4, 0.5) is 0 Å². The van der Waals surface area contributed by atoms with Crippen LogP contribution in [0.3, 0.4) is 0 Å². The van der Waals surface area contributed by atoms with Gasteiger partial charge in [-0.1, -0.05) is 36.4 Å². The van der Waals surface area contributed by atoms with Gasteiger partial charge in [-0.15, -0.1) is 0 Å². The maximum Gasteiger partial charge on any atom is 0.290 e. The lowest BCUT2D eigenvalue weighted by Gasteiger charge is -2.28. The molecule has 7 heteroatoms. The minimum absolute atomic E-state index is 0.00316. The zero-order valence-corrected chi connectivity index (χ0v) is 18.4. The molecule has 0 saturated heterocycles. The van der Waals surface area contributed by atoms with Crippen molar-refractivity contribution in [2.24, 2.45) is 0 Å². The molecule has 0 fully saturated rings. The van der Waals surface area contributed by atoms with Crippen LogP contribution in [0, 0.1) is 0 Å². The van der Waals surface area contributed by atoms with Crippen molar-refractivity contribution < 1.29 is 23.8 Å². The third-order valence-electron chi connectivity index (χ3n) is 5.64. The maximum absolute atomic E-state index is 13.5. The number of hydrogen-bond donors (Lipinski definition) is 1. The number of methoxy groups -OCH3 is 1. The lowest BCUT2D eigenvalue weighted by Crippen LogP contribution is -2.33. The molecule has 1 amide bonds. The molecule has 0 saturated carbocycles. The van der Waals surface area contributed by atoms with Crippen molar-refractivity contribution in [2.75, 3.05) is 34.3 Å². The first-order chi connectivity index (χ1) is 15.4. The second-order valence-electron chi connectivity index (χ2n) is 8.04. The van der Waals surface area contributed by atoms with Crippen LogP contribution in [-0.4, -0.2) is 60.9 Å². The van der Waals surface area contributed by atoms with E-state index in [4.69, 9.17) is 9.15 Å². The minimum atomic E-state index is -0.776. The highest BCUT2D eigenvalue weighted by atomic mass is 16.5. The van der Waals surface area contributed by atoms with Crippen LogP contribution in [0.15, 0.2) is 70.3 Å². The van der Waals surface area contributed by atoms with Gasteiger partial charge in [-0.2, -0.15) is 0 Å². The Morgan fingerprint density at radius 1 is 1.16 bits per heavy atom. The number of para-hydroxylation sites is 2. The van der Waals surface area contributed by atoms with E-state index in [-0.39, 0.29) is 11.3 Å². The Kier molecular flexibility index (Phi) is 6.01. The number of carbonyl (C=O) groups is 2. The third-order valence-corrected chi connectivity index (χ3v) is 5.64. The van der Waals surface area contributed by atoms with Crippen molar-refractivity contribution in [3.05, 3.63) is 77.3 Å². The topological polar surface area (TPSA) is 83.2 Å². The van der Waals surface area contributed by atoms with Gasteiger partial charge in [-0.05, 0) is 45.3 Å². The number of rotatable bonds is 8. The van der Waals surface area contributed by atoms with Gasteiger partial charge in [0.1, 0.15) is 11.3 Å². The lowest BCUT2D eigenvalue weighted by atomic mass is 9.94. The van der Waals surface area contributed by atoms with Crippen LogP contribution < -0.4 is 4.74 Å². The molecule has 0 spiro atoms. The molecule has 32 heavy (non-hydrogen) atoms. The number of carbonyl (C=O) groups excluding carboxylic acids is 2. The quantitative estimate of drug-likeness (QED) is 0.540. The summed E-state index contributed by atoms with van der Waals surface area (Å²) in [7, 11) is 5.45. The predicted molar refractivity (Wildman–Crippen MR) is 121 cm³/mol. The third kappa shape index (κ3) is 3.87. The molecule has 1 aliphatic rings. The summed E-state index contributed by atoms with van der Waals surface area (Å²) >= 11 is 0. The first-order valence-electron chi connectivity index (χ1n) is 10.5. The number of nitrogens with zero attached hydrogens (tertiary/aromatic N) is 2. The average molecular weight is 434 g/mol. The molecular formula is C25H26N2O5. The van der Waals surface area contributed by atoms with Crippen molar-refractivity contribution in [2.45, 2.75) is 12.5 Å². The van der Waals surface area contributed by atoms with Crippen molar-refractivity contribution >= 4 is 22.7 Å². The second kappa shape index (κ2) is 8.88. The van der Waals surface area contributed by atoms with Crippen molar-refractivity contribution in [3.8, 4) is 5.75 Å². The summed E-state index contributed by atoms with van der Waals surface area (Å²) < 4.78 is 11.3. The Bertz CT molecular complexity index is 1160. The number of benzene rings is 2. The maximum atomic E-state index is 13.5. The molecule has 1 aromatic heterocycles. The molecule has 0 unspecified atom stereocenters. The van der Waals surface area contributed by atoms with E-state index in [1.807, 2.05) is 49.3 Å². The van der Waals surface area contributed by atoms with E-state index in [0.29, 0.717) is 29.9 Å². The van der Waals surface area contributed by atoms with E-state index in [1.165, 1.54) is 12.0 Å². The van der Waals surface area contributed by atoms with E-state index in [0.717, 1.165) is 11.9 Å². The van der Waals surface area contributed by atoms with Crippen LogP contribution in [0.1, 0.15) is 28.6 Å². The number of ketones is 1. The van der Waals surface area contributed by atoms with E-state index < -0.39 is 23.5 Å². The van der Waals surface area contributed by atoms with Crippen molar-refractivity contribution in [3.63, 3.8) is 0 Å². The second-order valence-corrected chi connectivity index (χ2v) is 8.04. The molecule has 4 rings (SSSR count). The van der Waals surface area contributed by atoms with Gasteiger partial charge in [0.05, 0.1) is 18.7 Å². The van der Waals surface area contributed by atoms with Gasteiger partial charge in [0.25, 0.3) is 5.91 Å². The molecule has 1 N–H and O–H groups in total. The summed E-state index contributed by atoms with van der Waals surface area (Å²) in [4.78, 5) is 30.2. The SMILES string of the molecule is COc1ccccc1[C@@H]1C(C(=O)c2cc3ccccc3o2)=C(O)C(=O)N1CCCN(C)C. The summed E-state index contributed by atoms with van der Waals surface area (Å²) in [6.07, 6.45) is 0.684. The molecule has 0 bridgehead atoms. The largest absolute Gasteiger partial charge is 0.503 e. The van der Waals surface area contributed by atoms with Crippen LogP contribution >= 0.6 is 0 Å². The molecule has 166 valence electrons. The highest BCUT2D eigenvalue weighted by Crippen LogP contribution is 2.42. The zero-order valence-electron chi connectivity index (χ0n) is 18.4. The zero-order chi connectivity index (χ0) is 22.8. The number of hydrogen-bond acceptors (Lipinski definition) is 6. The smallest absolute Gasteiger partial charge is 0.290 e. The lowest BCUT2D eigenvalue weighted by molar-refractivity contribution is -0.129. The molecule has 0 aliphatic carbocycles. The highest BCUT2D eigenvalue weighted by molar-refractivity contribution is 6.16. The fourth-order valence-corrected chi connectivity index (χ4v) is 4.12. The summed E-state index contributed by atoms with van der Waals surface area (Å²) in [5.74, 6) is -1.02. The van der Waals surface area contributed by atoms with Crippen LogP contribution in [0.2, 0.25) is 0 Å². The average Bonchev–Trinajstić information content (AvgIpc) is 3.33. The number of aliphatic hydroxyl groups excluding tert-OH is 1. The predicted octanol–water partition coefficient (Wildman–Crippen LogP) is 3.97. The van der Waals surface area contributed by atoms with Crippen molar-refractivity contribution in [1.82, 2.24) is 9.80 Å². The molecule has 3 aromatic rings. The van der Waals surface area contributed by atoms with Gasteiger partial charge in [0, 0.05) is 17.5 Å². The monoisotopic (exact) mass is 434 g/mol. The number of ether oxygens (including phenoxy) is 1. The first kappa shape index (κ1) is 21.6. The Morgan fingerprint density at radius 3 is 2.59 bits per heavy atom. The van der Waals surface area contributed by atoms with Gasteiger partial charge in [0.2, 0.25) is 5.78 Å². The van der Waals surface area contributed by atoms with Crippen molar-refractivity contribution in [1.29, 1.82) is 0 Å². The normalized spacial score (nSPS) is 16.4. The number of amides is 1. The van der Waals surface area contributed by atoms with Gasteiger partial charge >= 0.3 is 0 Å². The molecular weight excluding hydrogens is 408 g/mol. The number of aliphatic hydroxyl groups is 1. The standard InChI is InChI=1S/C25H26N2O5/c1-26(2)13-8-14-27-22(17-10-5-7-12-19(17)31-3)21(24(29)25(27)30)23(28)20-15-16-9-4-6-11-18(16)32-20/h4-7,9-12,15,22,29H,8,13-14H2,1-3H3/t22-/m1/s1. The Balaban J connectivity index is 1.78. The number of furan rings is 1.